The maximum absolute atomic E-state index is 13.3. The summed E-state index contributed by atoms with van der Waals surface area (Å²) in [6, 6.07) is 4.49. The van der Waals surface area contributed by atoms with E-state index in [9.17, 15) is 9.18 Å². The fourth-order valence-electron chi connectivity index (χ4n) is 2.76. The summed E-state index contributed by atoms with van der Waals surface area (Å²) < 4.78 is 18.6. The number of benzene rings is 1. The number of Topliss-reactive ketones (excluding diaryl/α,β-unsaturated/α-hetero) is 1. The van der Waals surface area contributed by atoms with Gasteiger partial charge in [0.05, 0.1) is 0 Å². The van der Waals surface area contributed by atoms with Crippen molar-refractivity contribution in [3.8, 4) is 11.4 Å². The molecule has 0 bridgehead atoms. The maximum atomic E-state index is 13.3. The van der Waals surface area contributed by atoms with Gasteiger partial charge in [0.25, 0.3) is 0 Å². The van der Waals surface area contributed by atoms with Crippen LogP contribution in [0, 0.1) is 18.7 Å². The average Bonchev–Trinajstić information content (AvgIpc) is 2.92. The van der Waals surface area contributed by atoms with Gasteiger partial charge in [-0.05, 0) is 37.5 Å². The van der Waals surface area contributed by atoms with Crippen molar-refractivity contribution in [2.24, 2.45) is 5.92 Å². The second-order valence-corrected chi connectivity index (χ2v) is 5.58. The molecule has 1 unspecified atom stereocenters. The van der Waals surface area contributed by atoms with Gasteiger partial charge in [-0.3, -0.25) is 4.79 Å². The minimum Gasteiger partial charge on any atom is -0.339 e. The van der Waals surface area contributed by atoms with Crippen LogP contribution < -0.4 is 0 Å². The minimum atomic E-state index is -0.329. The standard InChI is InChI=1S/C16H17FN2O2/c1-10-6-7-12(17)9-13(10)16-18-15(21-19-16)8-11-4-2-3-5-14(11)20/h6-7,9,11H,2-5,8H2,1H3. The fourth-order valence-corrected chi connectivity index (χ4v) is 2.76. The van der Waals surface area contributed by atoms with E-state index in [1.54, 1.807) is 6.07 Å². The Bertz CT molecular complexity index is 666. The summed E-state index contributed by atoms with van der Waals surface area (Å²) in [5, 5.41) is 3.91. The third-order valence-electron chi connectivity index (χ3n) is 4.01. The first-order chi connectivity index (χ1) is 10.1. The van der Waals surface area contributed by atoms with Crippen molar-refractivity contribution < 1.29 is 13.7 Å². The van der Waals surface area contributed by atoms with E-state index in [1.165, 1.54) is 12.1 Å². The predicted octanol–water partition coefficient (Wildman–Crippen LogP) is 3.49. The van der Waals surface area contributed by atoms with Crippen LogP contribution in [0.2, 0.25) is 0 Å². The molecule has 1 aliphatic rings. The van der Waals surface area contributed by atoms with Crippen LogP contribution in [0.25, 0.3) is 11.4 Å². The molecule has 110 valence electrons. The van der Waals surface area contributed by atoms with Crippen LogP contribution in [0.4, 0.5) is 4.39 Å². The lowest BCUT2D eigenvalue weighted by atomic mass is 9.86. The molecule has 1 heterocycles. The molecule has 1 aromatic heterocycles. The van der Waals surface area contributed by atoms with Crippen molar-refractivity contribution in [1.29, 1.82) is 0 Å². The van der Waals surface area contributed by atoms with Crippen molar-refractivity contribution >= 4 is 5.78 Å². The van der Waals surface area contributed by atoms with Gasteiger partial charge in [-0.1, -0.05) is 17.6 Å². The second kappa shape index (κ2) is 5.76. The molecular formula is C16H17FN2O2. The molecule has 1 saturated carbocycles. The molecule has 1 aliphatic carbocycles. The molecule has 0 N–H and O–H groups in total. The quantitative estimate of drug-likeness (QED) is 0.867. The summed E-state index contributed by atoms with van der Waals surface area (Å²) in [7, 11) is 0. The Labute approximate surface area is 122 Å². The number of hydrogen-bond donors (Lipinski definition) is 0. The van der Waals surface area contributed by atoms with Gasteiger partial charge in [0.15, 0.2) is 0 Å². The lowest BCUT2D eigenvalue weighted by molar-refractivity contribution is -0.124. The first-order valence-electron chi connectivity index (χ1n) is 7.25. The zero-order valence-electron chi connectivity index (χ0n) is 11.9. The van der Waals surface area contributed by atoms with Gasteiger partial charge in [0.2, 0.25) is 11.7 Å². The molecule has 0 spiro atoms. The van der Waals surface area contributed by atoms with E-state index in [-0.39, 0.29) is 17.5 Å². The monoisotopic (exact) mass is 288 g/mol. The van der Waals surface area contributed by atoms with Crippen molar-refractivity contribution in [2.45, 2.75) is 39.0 Å². The Kier molecular flexibility index (Phi) is 3.82. The topological polar surface area (TPSA) is 56.0 Å². The molecule has 1 atom stereocenters. The average molecular weight is 288 g/mol. The van der Waals surface area contributed by atoms with Crippen molar-refractivity contribution in [2.75, 3.05) is 0 Å². The Morgan fingerprint density at radius 2 is 2.24 bits per heavy atom. The minimum absolute atomic E-state index is 0.0133. The molecule has 4 nitrogen and oxygen atoms in total. The van der Waals surface area contributed by atoms with Crippen molar-refractivity contribution in [3.63, 3.8) is 0 Å². The van der Waals surface area contributed by atoms with Gasteiger partial charge in [0, 0.05) is 24.3 Å². The molecule has 0 aliphatic heterocycles. The lowest BCUT2D eigenvalue weighted by Gasteiger charge is -2.18. The third-order valence-corrected chi connectivity index (χ3v) is 4.01. The SMILES string of the molecule is Cc1ccc(F)cc1-c1noc(CC2CCCCC2=O)n1. The first-order valence-corrected chi connectivity index (χ1v) is 7.25. The second-order valence-electron chi connectivity index (χ2n) is 5.58. The Morgan fingerprint density at radius 3 is 3.05 bits per heavy atom. The zero-order valence-corrected chi connectivity index (χ0v) is 11.9. The number of ketones is 1. The van der Waals surface area contributed by atoms with Crippen molar-refractivity contribution in [3.05, 3.63) is 35.5 Å². The maximum Gasteiger partial charge on any atom is 0.227 e. The number of nitrogens with zero attached hydrogens (tertiary/aromatic N) is 2. The van der Waals surface area contributed by atoms with E-state index in [1.807, 2.05) is 6.92 Å². The van der Waals surface area contributed by atoms with E-state index < -0.39 is 0 Å². The van der Waals surface area contributed by atoms with Gasteiger partial charge in [-0.25, -0.2) is 4.39 Å². The Hall–Kier alpha value is -2.04. The highest BCUT2D eigenvalue weighted by atomic mass is 19.1. The normalized spacial score (nSPS) is 19.0. The molecule has 2 aromatic rings. The highest BCUT2D eigenvalue weighted by Gasteiger charge is 2.25. The largest absolute Gasteiger partial charge is 0.339 e. The molecule has 3 rings (SSSR count). The van der Waals surface area contributed by atoms with Gasteiger partial charge in [-0.2, -0.15) is 4.98 Å². The predicted molar refractivity (Wildman–Crippen MR) is 75.1 cm³/mol. The van der Waals surface area contributed by atoms with Crippen LogP contribution in [-0.2, 0) is 11.2 Å². The molecule has 5 heteroatoms. The number of hydrogen-bond acceptors (Lipinski definition) is 4. The summed E-state index contributed by atoms with van der Waals surface area (Å²) in [4.78, 5) is 16.1. The summed E-state index contributed by atoms with van der Waals surface area (Å²) in [5.41, 5.74) is 1.51. The van der Waals surface area contributed by atoms with E-state index in [0.29, 0.717) is 30.1 Å². The highest BCUT2D eigenvalue weighted by Crippen LogP contribution is 2.26. The number of aryl methyl sites for hydroxylation is 1. The van der Waals surface area contributed by atoms with E-state index in [4.69, 9.17) is 4.52 Å². The van der Waals surface area contributed by atoms with E-state index in [0.717, 1.165) is 24.8 Å². The summed E-state index contributed by atoms with van der Waals surface area (Å²) in [6.45, 7) is 1.87. The van der Waals surface area contributed by atoms with Crippen molar-refractivity contribution in [1.82, 2.24) is 10.1 Å². The number of carbonyl (C=O) groups is 1. The molecule has 0 amide bonds. The molecule has 0 radical (unpaired) electrons. The third kappa shape index (κ3) is 3.01. The number of carbonyl (C=O) groups excluding carboxylic acids is 1. The number of rotatable bonds is 3. The summed E-state index contributed by atoms with van der Waals surface area (Å²) in [6.07, 6.45) is 4.07. The Morgan fingerprint density at radius 1 is 1.38 bits per heavy atom. The lowest BCUT2D eigenvalue weighted by Crippen LogP contribution is -2.21. The molecule has 1 fully saturated rings. The van der Waals surface area contributed by atoms with Gasteiger partial charge in [0.1, 0.15) is 11.6 Å². The van der Waals surface area contributed by atoms with E-state index >= 15 is 0 Å². The smallest absolute Gasteiger partial charge is 0.227 e. The molecule has 1 aromatic carbocycles. The van der Waals surface area contributed by atoms with Crippen LogP contribution in [0.3, 0.4) is 0 Å². The van der Waals surface area contributed by atoms with E-state index in [2.05, 4.69) is 10.1 Å². The first kappa shape index (κ1) is 13.9. The van der Waals surface area contributed by atoms with Gasteiger partial charge < -0.3 is 4.52 Å². The van der Waals surface area contributed by atoms with Gasteiger partial charge in [-0.15, -0.1) is 0 Å². The number of halogens is 1. The highest BCUT2D eigenvalue weighted by molar-refractivity contribution is 5.81. The van der Waals surface area contributed by atoms with Crippen LogP contribution in [0.5, 0.6) is 0 Å². The Balaban J connectivity index is 1.80. The summed E-state index contributed by atoms with van der Waals surface area (Å²) >= 11 is 0. The van der Waals surface area contributed by atoms with Gasteiger partial charge >= 0.3 is 0 Å². The molecule has 21 heavy (non-hydrogen) atoms. The summed E-state index contributed by atoms with van der Waals surface area (Å²) in [5.74, 6) is 0.771. The van der Waals surface area contributed by atoms with Crippen LogP contribution in [0.1, 0.15) is 37.1 Å². The van der Waals surface area contributed by atoms with Crippen LogP contribution >= 0.6 is 0 Å². The van der Waals surface area contributed by atoms with Crippen LogP contribution in [0.15, 0.2) is 22.7 Å². The zero-order chi connectivity index (χ0) is 14.8. The fraction of sp³-hybridized carbons (Fsp3) is 0.438. The number of aromatic nitrogens is 2. The van der Waals surface area contributed by atoms with Crippen LogP contribution in [-0.4, -0.2) is 15.9 Å². The molecule has 0 saturated heterocycles. The molecular weight excluding hydrogens is 271 g/mol.